The minimum atomic E-state index is 0.402. The molecule has 0 radical (unpaired) electrons. The van der Waals surface area contributed by atoms with Crippen LogP contribution in [0.4, 0.5) is 17.2 Å². The van der Waals surface area contributed by atoms with E-state index in [1.807, 2.05) is 0 Å². The lowest BCUT2D eigenvalue weighted by molar-refractivity contribution is 0.388. The van der Waals surface area contributed by atoms with E-state index >= 15 is 0 Å². The van der Waals surface area contributed by atoms with E-state index in [9.17, 15) is 0 Å². The van der Waals surface area contributed by atoms with Crippen LogP contribution in [0.2, 0.25) is 0 Å². The van der Waals surface area contributed by atoms with E-state index < -0.39 is 0 Å². The zero-order chi connectivity index (χ0) is 24.1. The summed E-state index contributed by atoms with van der Waals surface area (Å²) in [7, 11) is 4.17. The van der Waals surface area contributed by atoms with Gasteiger partial charge in [-0.3, -0.25) is 0 Å². The van der Waals surface area contributed by atoms with E-state index in [-0.39, 0.29) is 0 Å². The number of hydrogen-bond donors (Lipinski definition) is 3. The lowest BCUT2D eigenvalue weighted by Gasteiger charge is -2.31. The Morgan fingerprint density at radius 1 is 0.941 bits per heavy atom. The summed E-state index contributed by atoms with van der Waals surface area (Å²) < 4.78 is 0. The van der Waals surface area contributed by atoms with Gasteiger partial charge in [0.2, 0.25) is 0 Å². The second-order valence-electron chi connectivity index (χ2n) is 9.39. The van der Waals surface area contributed by atoms with E-state index in [0.717, 1.165) is 55.0 Å². The number of hydrogen-bond acceptors (Lipinski definition) is 4. The number of para-hydroxylation sites is 2. The van der Waals surface area contributed by atoms with Gasteiger partial charge in [0.1, 0.15) is 5.82 Å². The molecule has 0 unspecified atom stereocenters. The summed E-state index contributed by atoms with van der Waals surface area (Å²) in [5.41, 5.74) is 6.03. The van der Waals surface area contributed by atoms with Crippen LogP contribution in [0.15, 0.2) is 48.5 Å². The van der Waals surface area contributed by atoms with Crippen LogP contribution < -0.4 is 20.9 Å². The number of aromatic nitrogens is 1. The molecule has 6 heteroatoms. The number of benzene rings is 2. The van der Waals surface area contributed by atoms with Crippen LogP contribution in [0.3, 0.4) is 0 Å². The van der Waals surface area contributed by atoms with Crippen molar-refractivity contribution >= 4 is 45.4 Å². The van der Waals surface area contributed by atoms with E-state index in [0.29, 0.717) is 12.1 Å². The molecule has 0 bridgehead atoms. The lowest BCUT2D eigenvalue weighted by atomic mass is 9.91. The smallest absolute Gasteiger partial charge is 0.171 e. The first kappa shape index (κ1) is 24.3. The van der Waals surface area contributed by atoms with Crippen molar-refractivity contribution in [2.75, 3.05) is 29.6 Å². The van der Waals surface area contributed by atoms with Gasteiger partial charge in [0.15, 0.2) is 5.11 Å². The Morgan fingerprint density at radius 2 is 1.59 bits per heavy atom. The Bertz CT molecular complexity index is 1110. The molecule has 0 amide bonds. The van der Waals surface area contributed by atoms with Gasteiger partial charge in [-0.2, -0.15) is 0 Å². The highest BCUT2D eigenvalue weighted by Crippen LogP contribution is 2.29. The maximum Gasteiger partial charge on any atom is 0.171 e. The highest BCUT2D eigenvalue weighted by Gasteiger charge is 2.22. The highest BCUT2D eigenvalue weighted by atomic mass is 32.1. The SMILES string of the molecule is CCc1cccc(CC)c1NC(=S)N[C@H]1CC[C@@H](Nc2cc(N(C)C)c3ccccc3n2)CC1. The van der Waals surface area contributed by atoms with Gasteiger partial charge >= 0.3 is 0 Å². The fourth-order valence-corrected chi connectivity index (χ4v) is 5.20. The predicted molar refractivity (Wildman–Crippen MR) is 150 cm³/mol. The zero-order valence-electron chi connectivity index (χ0n) is 20.8. The Labute approximate surface area is 209 Å². The average Bonchev–Trinajstić information content (AvgIpc) is 2.84. The molecule has 1 saturated carbocycles. The fourth-order valence-electron chi connectivity index (χ4n) is 4.93. The summed E-state index contributed by atoms with van der Waals surface area (Å²) in [4.78, 5) is 7.03. The first-order chi connectivity index (χ1) is 16.5. The molecular weight excluding hydrogens is 438 g/mol. The van der Waals surface area contributed by atoms with Crippen LogP contribution in [-0.2, 0) is 12.8 Å². The normalized spacial score (nSPS) is 17.9. The van der Waals surface area contributed by atoms with Gasteiger partial charge in [-0.1, -0.05) is 50.2 Å². The van der Waals surface area contributed by atoms with Crippen LogP contribution >= 0.6 is 12.2 Å². The van der Waals surface area contributed by atoms with Crippen LogP contribution in [0.5, 0.6) is 0 Å². The molecule has 5 nitrogen and oxygen atoms in total. The zero-order valence-corrected chi connectivity index (χ0v) is 21.6. The summed E-state index contributed by atoms with van der Waals surface area (Å²) in [5.74, 6) is 0.958. The summed E-state index contributed by atoms with van der Waals surface area (Å²) in [6.07, 6.45) is 6.35. The second-order valence-corrected chi connectivity index (χ2v) is 9.80. The molecule has 0 atom stereocenters. The van der Waals surface area contributed by atoms with E-state index in [1.165, 1.54) is 27.9 Å². The molecule has 0 saturated heterocycles. The van der Waals surface area contributed by atoms with Gasteiger partial charge in [0, 0.05) is 49.0 Å². The topological polar surface area (TPSA) is 52.2 Å². The first-order valence-corrected chi connectivity index (χ1v) is 12.9. The molecule has 4 rings (SSSR count). The molecule has 180 valence electrons. The Balaban J connectivity index is 1.34. The molecule has 1 aromatic heterocycles. The molecule has 34 heavy (non-hydrogen) atoms. The summed E-state index contributed by atoms with van der Waals surface area (Å²) >= 11 is 5.70. The number of thiocarbonyl (C=S) groups is 1. The van der Waals surface area contributed by atoms with E-state index in [4.69, 9.17) is 17.2 Å². The molecule has 3 aromatic rings. The summed E-state index contributed by atoms with van der Waals surface area (Å²) in [6.45, 7) is 4.38. The second kappa shape index (κ2) is 11.0. The maximum atomic E-state index is 5.70. The summed E-state index contributed by atoms with van der Waals surface area (Å²) in [5, 5.41) is 12.7. The number of pyridine rings is 1. The minimum absolute atomic E-state index is 0.402. The third-order valence-corrected chi connectivity index (χ3v) is 7.05. The predicted octanol–water partition coefficient (Wildman–Crippen LogP) is 6.14. The number of nitrogens with zero attached hydrogens (tertiary/aromatic N) is 2. The average molecular weight is 476 g/mol. The maximum absolute atomic E-state index is 5.70. The minimum Gasteiger partial charge on any atom is -0.377 e. The molecule has 2 aromatic carbocycles. The molecule has 1 heterocycles. The van der Waals surface area contributed by atoms with Crippen molar-refractivity contribution in [3.8, 4) is 0 Å². The van der Waals surface area contributed by atoms with Crippen LogP contribution in [0, 0.1) is 0 Å². The van der Waals surface area contributed by atoms with Crippen molar-refractivity contribution in [3.63, 3.8) is 0 Å². The number of aryl methyl sites for hydroxylation is 2. The number of rotatable bonds is 7. The van der Waals surface area contributed by atoms with Crippen molar-refractivity contribution in [1.82, 2.24) is 10.3 Å². The fraction of sp³-hybridized carbons (Fsp3) is 0.429. The third-order valence-electron chi connectivity index (χ3n) is 6.83. The Hall–Kier alpha value is -2.86. The van der Waals surface area contributed by atoms with E-state index in [1.54, 1.807) is 0 Å². The molecule has 3 N–H and O–H groups in total. The first-order valence-electron chi connectivity index (χ1n) is 12.5. The van der Waals surface area contributed by atoms with Crippen molar-refractivity contribution in [2.24, 2.45) is 0 Å². The molecule has 1 aliphatic carbocycles. The quantitative estimate of drug-likeness (QED) is 0.357. The van der Waals surface area contributed by atoms with Gasteiger partial charge < -0.3 is 20.9 Å². The van der Waals surface area contributed by atoms with Crippen molar-refractivity contribution in [3.05, 3.63) is 59.7 Å². The van der Waals surface area contributed by atoms with Crippen LogP contribution in [0.25, 0.3) is 10.9 Å². The molecule has 0 aliphatic heterocycles. The van der Waals surface area contributed by atoms with Crippen LogP contribution in [-0.4, -0.2) is 36.3 Å². The van der Waals surface area contributed by atoms with Gasteiger partial charge in [0.05, 0.1) is 5.52 Å². The largest absolute Gasteiger partial charge is 0.377 e. The number of nitrogens with one attached hydrogen (secondary N) is 3. The lowest BCUT2D eigenvalue weighted by Crippen LogP contribution is -2.42. The molecule has 1 aliphatic rings. The monoisotopic (exact) mass is 475 g/mol. The Morgan fingerprint density at radius 3 is 2.24 bits per heavy atom. The van der Waals surface area contributed by atoms with Crippen molar-refractivity contribution in [1.29, 1.82) is 0 Å². The molecule has 0 spiro atoms. The van der Waals surface area contributed by atoms with Crippen molar-refractivity contribution < 1.29 is 0 Å². The van der Waals surface area contributed by atoms with Gasteiger partial charge in [0.25, 0.3) is 0 Å². The molecular formula is C28H37N5S. The number of fused-ring (bicyclic) bond motifs is 1. The van der Waals surface area contributed by atoms with Crippen LogP contribution in [0.1, 0.15) is 50.7 Å². The van der Waals surface area contributed by atoms with Crippen molar-refractivity contribution in [2.45, 2.75) is 64.5 Å². The van der Waals surface area contributed by atoms with Gasteiger partial charge in [-0.15, -0.1) is 0 Å². The highest BCUT2D eigenvalue weighted by molar-refractivity contribution is 7.80. The summed E-state index contributed by atoms with van der Waals surface area (Å²) in [6, 6.07) is 17.8. The standard InChI is InChI=1S/C28H37N5S/c1-5-19-10-9-11-20(6-2)27(19)32-28(34)30-22-16-14-21(15-17-22)29-26-18-25(33(3)4)23-12-7-8-13-24(23)31-26/h7-13,18,21-22H,5-6,14-17H2,1-4H3,(H,29,31)(H2,30,32,34)/t21-,22+. The van der Waals surface area contributed by atoms with E-state index in [2.05, 4.69) is 97.3 Å². The Kier molecular flexibility index (Phi) is 7.88. The van der Waals surface area contributed by atoms with Gasteiger partial charge in [-0.25, -0.2) is 4.98 Å². The molecule has 1 fully saturated rings. The van der Waals surface area contributed by atoms with Gasteiger partial charge in [-0.05, 0) is 67.9 Å². The third kappa shape index (κ3) is 5.61. The number of anilines is 3.